The molecule has 0 saturated carbocycles. The zero-order valence-electron chi connectivity index (χ0n) is 15.4. The lowest BCUT2D eigenvalue weighted by molar-refractivity contribution is -0.169. The zero-order chi connectivity index (χ0) is 21.4. The predicted molar refractivity (Wildman–Crippen MR) is 89.7 cm³/mol. The molecular weight excluding hydrogens is 421 g/mol. The van der Waals surface area contributed by atoms with Crippen molar-refractivity contribution in [2.24, 2.45) is 0 Å². The molecule has 0 amide bonds. The first-order valence-electron chi connectivity index (χ1n) is 8.57. The van der Waals surface area contributed by atoms with Crippen LogP contribution in [0.25, 0.3) is 0 Å². The maximum atomic E-state index is 12.7. The van der Waals surface area contributed by atoms with Gasteiger partial charge in [0.15, 0.2) is 11.9 Å². The Morgan fingerprint density at radius 2 is 1.86 bits per heavy atom. The lowest BCUT2D eigenvalue weighted by Crippen LogP contribution is -2.45. The standard InChI is InChI=1S/C17H19F3O8S/c1-16(2)25-9-11(27-16)12-13(24-8-10-6-4-3-5-7-10)14(15(21)26-12)28-29(22,23)17(18,19)20/h3-7,11-14H,8-9H2,1-2H3/t11-,12-,13+,14+/m1/s1. The summed E-state index contributed by atoms with van der Waals surface area (Å²) >= 11 is 0. The largest absolute Gasteiger partial charge is 0.523 e. The minimum atomic E-state index is -6.05. The quantitative estimate of drug-likeness (QED) is 0.376. The van der Waals surface area contributed by atoms with Gasteiger partial charge in [0.05, 0.1) is 13.2 Å². The van der Waals surface area contributed by atoms with Gasteiger partial charge in [-0.3, -0.25) is 0 Å². The predicted octanol–water partition coefficient (Wildman–Crippen LogP) is 1.88. The maximum Gasteiger partial charge on any atom is 0.523 e. The molecule has 0 N–H and O–H groups in total. The number of halogens is 3. The van der Waals surface area contributed by atoms with Crippen LogP contribution >= 0.6 is 0 Å². The molecule has 8 nitrogen and oxygen atoms in total. The highest BCUT2D eigenvalue weighted by atomic mass is 32.2. The van der Waals surface area contributed by atoms with E-state index in [0.29, 0.717) is 5.56 Å². The molecular formula is C17H19F3O8S. The van der Waals surface area contributed by atoms with Crippen molar-refractivity contribution in [1.82, 2.24) is 0 Å². The summed E-state index contributed by atoms with van der Waals surface area (Å²) in [5.41, 5.74) is -5.06. The number of esters is 1. The third kappa shape index (κ3) is 4.89. The van der Waals surface area contributed by atoms with Gasteiger partial charge >= 0.3 is 21.6 Å². The van der Waals surface area contributed by atoms with Crippen LogP contribution in [0.3, 0.4) is 0 Å². The van der Waals surface area contributed by atoms with Crippen LogP contribution in [0.5, 0.6) is 0 Å². The molecule has 2 aliphatic rings. The Hall–Kier alpha value is -1.73. The topological polar surface area (TPSA) is 97.4 Å². The number of ether oxygens (including phenoxy) is 4. The first kappa shape index (κ1) is 22.0. The highest BCUT2D eigenvalue weighted by Gasteiger charge is 2.58. The molecule has 0 aliphatic carbocycles. The Labute approximate surface area is 164 Å². The Bertz CT molecular complexity index is 840. The fraction of sp³-hybridized carbons (Fsp3) is 0.588. The molecule has 12 heteroatoms. The van der Waals surface area contributed by atoms with Gasteiger partial charge in [-0.25, -0.2) is 8.98 Å². The molecule has 3 rings (SSSR count). The van der Waals surface area contributed by atoms with Gasteiger partial charge in [0.2, 0.25) is 6.10 Å². The lowest BCUT2D eigenvalue weighted by Gasteiger charge is -2.25. The Balaban J connectivity index is 1.83. The molecule has 2 saturated heterocycles. The van der Waals surface area contributed by atoms with Crippen molar-refractivity contribution in [3.63, 3.8) is 0 Å². The Morgan fingerprint density at radius 1 is 1.21 bits per heavy atom. The number of cyclic esters (lactones) is 1. The fourth-order valence-electron chi connectivity index (χ4n) is 2.97. The van der Waals surface area contributed by atoms with Gasteiger partial charge in [0, 0.05) is 0 Å². The molecule has 0 bridgehead atoms. The van der Waals surface area contributed by atoms with Crippen LogP contribution in [-0.4, -0.2) is 56.7 Å². The summed E-state index contributed by atoms with van der Waals surface area (Å²) in [5, 5.41) is 0. The molecule has 4 atom stereocenters. The van der Waals surface area contributed by atoms with E-state index in [0.717, 1.165) is 0 Å². The Morgan fingerprint density at radius 3 is 2.41 bits per heavy atom. The van der Waals surface area contributed by atoms with E-state index in [1.54, 1.807) is 44.2 Å². The van der Waals surface area contributed by atoms with Crippen molar-refractivity contribution in [2.75, 3.05) is 6.61 Å². The Kier molecular flexibility index (Phi) is 5.94. The fourth-order valence-corrected chi connectivity index (χ4v) is 3.54. The van der Waals surface area contributed by atoms with E-state index < -0.39 is 51.8 Å². The molecule has 0 spiro atoms. The number of carbonyl (C=O) groups excluding carboxylic acids is 1. The molecule has 29 heavy (non-hydrogen) atoms. The molecule has 0 aromatic heterocycles. The average Bonchev–Trinajstić information content (AvgIpc) is 3.12. The second kappa shape index (κ2) is 7.84. The van der Waals surface area contributed by atoms with Gasteiger partial charge < -0.3 is 18.9 Å². The van der Waals surface area contributed by atoms with Gasteiger partial charge in [0.25, 0.3) is 0 Å². The van der Waals surface area contributed by atoms with E-state index in [1.807, 2.05) is 0 Å². The molecule has 2 heterocycles. The SMILES string of the molecule is CC1(C)OC[C@H]([C@H]2OC(=O)[C@@H](OS(=O)(=O)C(F)(F)F)[C@H]2OCc2ccccc2)O1. The minimum absolute atomic E-state index is 0.0329. The molecule has 0 radical (unpaired) electrons. The number of rotatable bonds is 6. The summed E-state index contributed by atoms with van der Waals surface area (Å²) in [5.74, 6) is -2.31. The molecule has 162 valence electrons. The molecule has 1 aromatic carbocycles. The van der Waals surface area contributed by atoms with Crippen LogP contribution in [0.1, 0.15) is 19.4 Å². The van der Waals surface area contributed by atoms with Gasteiger partial charge in [-0.05, 0) is 19.4 Å². The van der Waals surface area contributed by atoms with Crippen LogP contribution in [0.2, 0.25) is 0 Å². The summed E-state index contributed by atoms with van der Waals surface area (Å²) in [6, 6.07) is 8.55. The van der Waals surface area contributed by atoms with Crippen molar-refractivity contribution < 1.29 is 49.5 Å². The third-order valence-corrected chi connectivity index (χ3v) is 5.33. The molecule has 1 aromatic rings. The first-order chi connectivity index (χ1) is 13.4. The lowest BCUT2D eigenvalue weighted by atomic mass is 10.1. The van der Waals surface area contributed by atoms with Crippen molar-refractivity contribution in [3.05, 3.63) is 35.9 Å². The van der Waals surface area contributed by atoms with Crippen molar-refractivity contribution in [2.45, 2.75) is 56.2 Å². The molecule has 0 unspecified atom stereocenters. The normalized spacial score (nSPS) is 29.8. The van der Waals surface area contributed by atoms with Crippen molar-refractivity contribution in [1.29, 1.82) is 0 Å². The highest BCUT2D eigenvalue weighted by Crippen LogP contribution is 2.35. The number of hydrogen-bond acceptors (Lipinski definition) is 8. The smallest absolute Gasteiger partial charge is 0.455 e. The van der Waals surface area contributed by atoms with Gasteiger partial charge in [-0.1, -0.05) is 30.3 Å². The number of carbonyl (C=O) groups is 1. The molecule has 2 fully saturated rings. The van der Waals surface area contributed by atoms with Crippen LogP contribution < -0.4 is 0 Å². The summed E-state index contributed by atoms with van der Waals surface area (Å²) in [7, 11) is -6.05. The van der Waals surface area contributed by atoms with E-state index in [9.17, 15) is 26.4 Å². The monoisotopic (exact) mass is 440 g/mol. The summed E-state index contributed by atoms with van der Waals surface area (Å²) in [6.07, 6.45) is -5.71. The molecule has 2 aliphatic heterocycles. The second-order valence-electron chi connectivity index (χ2n) is 6.95. The minimum Gasteiger partial charge on any atom is -0.455 e. The van der Waals surface area contributed by atoms with Crippen LogP contribution in [0.4, 0.5) is 13.2 Å². The van der Waals surface area contributed by atoms with Crippen molar-refractivity contribution >= 4 is 16.1 Å². The van der Waals surface area contributed by atoms with E-state index in [1.165, 1.54) is 0 Å². The van der Waals surface area contributed by atoms with E-state index in [-0.39, 0.29) is 13.2 Å². The van der Waals surface area contributed by atoms with Crippen molar-refractivity contribution in [3.8, 4) is 0 Å². The maximum absolute atomic E-state index is 12.7. The summed E-state index contributed by atoms with van der Waals surface area (Å²) in [6.45, 7) is 3.05. The third-order valence-electron chi connectivity index (χ3n) is 4.30. The van der Waals surface area contributed by atoms with E-state index in [4.69, 9.17) is 18.9 Å². The van der Waals surface area contributed by atoms with Gasteiger partial charge in [-0.2, -0.15) is 21.6 Å². The zero-order valence-corrected chi connectivity index (χ0v) is 16.2. The number of benzene rings is 1. The first-order valence-corrected chi connectivity index (χ1v) is 9.98. The summed E-state index contributed by atoms with van der Waals surface area (Å²) < 4.78 is 86.9. The van der Waals surface area contributed by atoms with Crippen LogP contribution in [-0.2, 0) is 44.7 Å². The highest BCUT2D eigenvalue weighted by molar-refractivity contribution is 7.87. The van der Waals surface area contributed by atoms with Gasteiger partial charge in [0.1, 0.15) is 12.2 Å². The number of alkyl halides is 3. The average molecular weight is 440 g/mol. The van der Waals surface area contributed by atoms with Gasteiger partial charge in [-0.15, -0.1) is 0 Å². The van der Waals surface area contributed by atoms with E-state index >= 15 is 0 Å². The van der Waals surface area contributed by atoms with E-state index in [2.05, 4.69) is 4.18 Å². The number of hydrogen-bond donors (Lipinski definition) is 0. The summed E-state index contributed by atoms with van der Waals surface area (Å²) in [4.78, 5) is 12.2. The van der Waals surface area contributed by atoms with Crippen LogP contribution in [0, 0.1) is 0 Å². The second-order valence-corrected chi connectivity index (χ2v) is 8.51. The van der Waals surface area contributed by atoms with Crippen LogP contribution in [0.15, 0.2) is 30.3 Å².